The van der Waals surface area contributed by atoms with Crippen molar-refractivity contribution in [2.24, 2.45) is 0 Å². The molecular formula is C17H22N2S. The highest BCUT2D eigenvalue weighted by atomic mass is 32.1. The number of fused-ring (bicyclic) bond motifs is 1. The molecule has 0 saturated heterocycles. The summed E-state index contributed by atoms with van der Waals surface area (Å²) in [6.07, 6.45) is 4.87. The van der Waals surface area contributed by atoms with Crippen LogP contribution in [-0.4, -0.2) is 11.5 Å². The summed E-state index contributed by atoms with van der Waals surface area (Å²) in [6.45, 7) is 5.22. The predicted octanol–water partition coefficient (Wildman–Crippen LogP) is 3.83. The first kappa shape index (κ1) is 13.8. The normalized spacial score (nSPS) is 15.3. The summed E-state index contributed by atoms with van der Waals surface area (Å²) in [7, 11) is 0. The van der Waals surface area contributed by atoms with E-state index in [4.69, 9.17) is 0 Å². The lowest BCUT2D eigenvalue weighted by molar-refractivity contribution is 0.538. The third-order valence-electron chi connectivity index (χ3n) is 4.05. The Morgan fingerprint density at radius 1 is 1.30 bits per heavy atom. The molecule has 1 aliphatic rings. The van der Waals surface area contributed by atoms with Gasteiger partial charge in [-0.25, -0.2) is 4.98 Å². The van der Waals surface area contributed by atoms with Gasteiger partial charge in [0.2, 0.25) is 0 Å². The minimum Gasteiger partial charge on any atom is -0.309 e. The van der Waals surface area contributed by atoms with Crippen molar-refractivity contribution in [2.45, 2.75) is 45.6 Å². The SMILES string of the molecule is CCNC(Cc1ccc2c(c1)CCC2)c1csc(C)n1. The molecule has 3 heteroatoms. The lowest BCUT2D eigenvalue weighted by Gasteiger charge is -2.16. The van der Waals surface area contributed by atoms with Gasteiger partial charge in [-0.2, -0.15) is 0 Å². The van der Waals surface area contributed by atoms with Crippen LogP contribution in [0.4, 0.5) is 0 Å². The minimum atomic E-state index is 0.337. The number of likely N-dealkylation sites (N-methyl/N-ethyl adjacent to an activating group) is 1. The molecule has 0 spiro atoms. The van der Waals surface area contributed by atoms with Crippen LogP contribution in [0.1, 0.15) is 46.8 Å². The molecule has 1 aliphatic carbocycles. The quantitative estimate of drug-likeness (QED) is 0.903. The fourth-order valence-corrected chi connectivity index (χ4v) is 3.72. The molecule has 0 fully saturated rings. The third kappa shape index (κ3) is 2.94. The number of hydrogen-bond donors (Lipinski definition) is 1. The average Bonchev–Trinajstić information content (AvgIpc) is 3.06. The van der Waals surface area contributed by atoms with Crippen LogP contribution in [0.25, 0.3) is 0 Å². The van der Waals surface area contributed by atoms with E-state index in [1.165, 1.54) is 30.5 Å². The van der Waals surface area contributed by atoms with Crippen molar-refractivity contribution in [3.8, 4) is 0 Å². The van der Waals surface area contributed by atoms with Crippen molar-refractivity contribution in [2.75, 3.05) is 6.54 Å². The topological polar surface area (TPSA) is 24.9 Å². The first-order valence-electron chi connectivity index (χ1n) is 7.52. The zero-order valence-corrected chi connectivity index (χ0v) is 13.1. The molecule has 1 aromatic carbocycles. The standard InChI is InChI=1S/C17H22N2S/c1-3-18-16(17-11-20-12(2)19-17)10-13-7-8-14-5-4-6-15(14)9-13/h7-9,11,16,18H,3-6,10H2,1-2H3. The molecule has 2 nitrogen and oxygen atoms in total. The van der Waals surface area contributed by atoms with Gasteiger partial charge in [0.05, 0.1) is 16.7 Å². The molecule has 0 bridgehead atoms. The second-order valence-corrected chi connectivity index (χ2v) is 6.62. The fraction of sp³-hybridized carbons (Fsp3) is 0.471. The molecule has 1 atom stereocenters. The highest BCUT2D eigenvalue weighted by molar-refractivity contribution is 7.09. The van der Waals surface area contributed by atoms with Crippen molar-refractivity contribution < 1.29 is 0 Å². The summed E-state index contributed by atoms with van der Waals surface area (Å²) in [5, 5.41) is 6.91. The molecule has 1 unspecified atom stereocenters. The predicted molar refractivity (Wildman–Crippen MR) is 85.4 cm³/mol. The van der Waals surface area contributed by atoms with Crippen molar-refractivity contribution >= 4 is 11.3 Å². The first-order valence-corrected chi connectivity index (χ1v) is 8.40. The van der Waals surface area contributed by atoms with Gasteiger partial charge in [-0.1, -0.05) is 25.1 Å². The van der Waals surface area contributed by atoms with Gasteiger partial charge >= 0.3 is 0 Å². The van der Waals surface area contributed by atoms with Gasteiger partial charge < -0.3 is 5.32 Å². The molecule has 0 saturated carbocycles. The van der Waals surface area contributed by atoms with E-state index in [1.54, 1.807) is 22.5 Å². The van der Waals surface area contributed by atoms with E-state index in [0.29, 0.717) is 6.04 Å². The largest absolute Gasteiger partial charge is 0.309 e. The molecule has 1 heterocycles. The number of rotatable bonds is 5. The van der Waals surface area contributed by atoms with Crippen LogP contribution in [0.2, 0.25) is 0 Å². The molecule has 0 amide bonds. The van der Waals surface area contributed by atoms with Gasteiger partial charge in [0.1, 0.15) is 0 Å². The molecule has 1 N–H and O–H groups in total. The van der Waals surface area contributed by atoms with E-state index in [-0.39, 0.29) is 0 Å². The van der Waals surface area contributed by atoms with Gasteiger partial charge in [0, 0.05) is 5.38 Å². The summed E-state index contributed by atoms with van der Waals surface area (Å²) in [6, 6.07) is 7.37. The van der Waals surface area contributed by atoms with E-state index < -0.39 is 0 Å². The number of thiazole rings is 1. The average molecular weight is 286 g/mol. The highest BCUT2D eigenvalue weighted by Crippen LogP contribution is 2.26. The maximum atomic E-state index is 4.65. The van der Waals surface area contributed by atoms with Crippen LogP contribution in [0, 0.1) is 6.92 Å². The second kappa shape index (κ2) is 6.06. The van der Waals surface area contributed by atoms with E-state index in [1.807, 2.05) is 0 Å². The number of aromatic nitrogens is 1. The summed E-state index contributed by atoms with van der Waals surface area (Å²) in [5.41, 5.74) is 5.74. The molecule has 0 aliphatic heterocycles. The molecule has 106 valence electrons. The van der Waals surface area contributed by atoms with Crippen LogP contribution in [-0.2, 0) is 19.3 Å². The van der Waals surface area contributed by atoms with E-state index in [9.17, 15) is 0 Å². The molecule has 0 radical (unpaired) electrons. The van der Waals surface area contributed by atoms with Gasteiger partial charge in [-0.05, 0) is 55.8 Å². The first-order chi connectivity index (χ1) is 9.76. The molecule has 1 aromatic heterocycles. The molecule has 20 heavy (non-hydrogen) atoms. The van der Waals surface area contributed by atoms with Crippen LogP contribution in [0.5, 0.6) is 0 Å². The Bertz CT molecular complexity index is 588. The van der Waals surface area contributed by atoms with Gasteiger partial charge in [0.15, 0.2) is 0 Å². The van der Waals surface area contributed by atoms with Crippen molar-refractivity contribution in [3.05, 3.63) is 51.0 Å². The molecule has 3 rings (SSSR count). The Morgan fingerprint density at radius 3 is 2.90 bits per heavy atom. The minimum absolute atomic E-state index is 0.337. The summed E-state index contributed by atoms with van der Waals surface area (Å²) < 4.78 is 0. The number of nitrogens with one attached hydrogen (secondary N) is 1. The lowest BCUT2D eigenvalue weighted by atomic mass is 9.99. The Labute approximate surface area is 125 Å². The summed E-state index contributed by atoms with van der Waals surface area (Å²) >= 11 is 1.74. The van der Waals surface area contributed by atoms with E-state index in [0.717, 1.165) is 18.0 Å². The molecule has 2 aromatic rings. The Kier molecular flexibility index (Phi) is 4.18. The van der Waals surface area contributed by atoms with Crippen LogP contribution in [0.3, 0.4) is 0 Å². The zero-order chi connectivity index (χ0) is 13.9. The van der Waals surface area contributed by atoms with Crippen LogP contribution >= 0.6 is 11.3 Å². The Hall–Kier alpha value is -1.19. The van der Waals surface area contributed by atoms with Crippen LogP contribution < -0.4 is 5.32 Å². The summed E-state index contributed by atoms with van der Waals surface area (Å²) in [4.78, 5) is 4.65. The highest BCUT2D eigenvalue weighted by Gasteiger charge is 2.16. The smallest absolute Gasteiger partial charge is 0.0898 e. The van der Waals surface area contributed by atoms with Gasteiger partial charge in [-0.3, -0.25) is 0 Å². The third-order valence-corrected chi connectivity index (χ3v) is 4.84. The van der Waals surface area contributed by atoms with Gasteiger partial charge in [0.25, 0.3) is 0 Å². The Balaban J connectivity index is 1.79. The zero-order valence-electron chi connectivity index (χ0n) is 12.3. The van der Waals surface area contributed by atoms with Crippen molar-refractivity contribution in [1.29, 1.82) is 0 Å². The number of aryl methyl sites for hydroxylation is 3. The van der Waals surface area contributed by atoms with E-state index >= 15 is 0 Å². The van der Waals surface area contributed by atoms with Crippen molar-refractivity contribution in [3.63, 3.8) is 0 Å². The van der Waals surface area contributed by atoms with E-state index in [2.05, 4.69) is 47.7 Å². The molecular weight excluding hydrogens is 264 g/mol. The number of benzene rings is 1. The number of hydrogen-bond acceptors (Lipinski definition) is 3. The Morgan fingerprint density at radius 2 is 2.15 bits per heavy atom. The monoisotopic (exact) mass is 286 g/mol. The lowest BCUT2D eigenvalue weighted by Crippen LogP contribution is -2.23. The fourth-order valence-electron chi connectivity index (χ4n) is 3.06. The maximum absolute atomic E-state index is 4.65. The van der Waals surface area contributed by atoms with Gasteiger partial charge in [-0.15, -0.1) is 11.3 Å². The van der Waals surface area contributed by atoms with Crippen molar-refractivity contribution in [1.82, 2.24) is 10.3 Å². The summed E-state index contributed by atoms with van der Waals surface area (Å²) in [5.74, 6) is 0. The maximum Gasteiger partial charge on any atom is 0.0898 e. The second-order valence-electron chi connectivity index (χ2n) is 5.56. The van der Waals surface area contributed by atoms with Crippen LogP contribution in [0.15, 0.2) is 23.6 Å². The number of nitrogens with zero attached hydrogens (tertiary/aromatic N) is 1.